The van der Waals surface area contributed by atoms with Crippen LogP contribution in [0.1, 0.15) is 31.4 Å². The number of para-hydroxylation sites is 1. The highest BCUT2D eigenvalue weighted by Gasteiger charge is 2.57. The molecule has 1 N–H and O–H groups in total. The topological polar surface area (TPSA) is 32.3 Å². The Bertz CT molecular complexity index is 874. The van der Waals surface area contributed by atoms with E-state index in [1.165, 1.54) is 11.3 Å². The summed E-state index contributed by atoms with van der Waals surface area (Å²) >= 11 is 6.32. The first-order valence-electron chi connectivity index (χ1n) is 8.58. The van der Waals surface area contributed by atoms with Gasteiger partial charge in [0.15, 0.2) is 0 Å². The second kappa shape index (κ2) is 5.63. The van der Waals surface area contributed by atoms with Gasteiger partial charge in [0.25, 0.3) is 0 Å². The van der Waals surface area contributed by atoms with Gasteiger partial charge in [0.1, 0.15) is 5.66 Å². The second-order valence-electron chi connectivity index (χ2n) is 7.21. The molecule has 2 aromatic rings. The van der Waals surface area contributed by atoms with Crippen molar-refractivity contribution >= 4 is 29.3 Å². The maximum Gasteiger partial charge on any atom is 0.223 e. The van der Waals surface area contributed by atoms with E-state index in [1.807, 2.05) is 30.3 Å². The predicted molar refractivity (Wildman–Crippen MR) is 103 cm³/mol. The molecule has 128 valence electrons. The van der Waals surface area contributed by atoms with Crippen LogP contribution in [0.25, 0.3) is 6.08 Å². The lowest BCUT2D eigenvalue weighted by atomic mass is 9.74. The summed E-state index contributed by atoms with van der Waals surface area (Å²) in [5, 5.41) is 3.98. The van der Waals surface area contributed by atoms with Gasteiger partial charge < -0.3 is 10.2 Å². The Labute approximate surface area is 153 Å². The molecule has 4 heteroatoms. The van der Waals surface area contributed by atoms with Crippen LogP contribution in [0.3, 0.4) is 0 Å². The lowest BCUT2D eigenvalue weighted by molar-refractivity contribution is -0.124. The molecule has 0 saturated carbocycles. The lowest BCUT2D eigenvalue weighted by Gasteiger charge is -2.49. The zero-order valence-electron chi connectivity index (χ0n) is 14.4. The summed E-state index contributed by atoms with van der Waals surface area (Å²) in [5.74, 6) is 0.0842. The van der Waals surface area contributed by atoms with Crippen molar-refractivity contribution in [3.63, 3.8) is 0 Å². The van der Waals surface area contributed by atoms with E-state index in [0.717, 1.165) is 5.56 Å². The number of benzene rings is 2. The van der Waals surface area contributed by atoms with Crippen molar-refractivity contribution in [1.29, 1.82) is 0 Å². The molecular formula is C21H21ClN2O. The van der Waals surface area contributed by atoms with Crippen LogP contribution < -0.4 is 10.2 Å². The maximum atomic E-state index is 12.3. The first-order valence-corrected chi connectivity index (χ1v) is 8.95. The molecular weight excluding hydrogens is 332 g/mol. The normalized spacial score (nSPS) is 24.1. The van der Waals surface area contributed by atoms with E-state index < -0.39 is 5.66 Å². The molecule has 4 rings (SSSR count). The predicted octanol–water partition coefficient (Wildman–Crippen LogP) is 4.37. The molecule has 2 aliphatic rings. The van der Waals surface area contributed by atoms with Crippen LogP contribution in [0, 0.1) is 0 Å². The molecule has 0 bridgehead atoms. The molecule has 3 nitrogen and oxygen atoms in total. The Balaban J connectivity index is 1.86. The highest BCUT2D eigenvalue weighted by molar-refractivity contribution is 6.32. The van der Waals surface area contributed by atoms with Gasteiger partial charge in [0, 0.05) is 29.1 Å². The minimum Gasteiger partial charge on any atom is -0.344 e. The number of carbonyl (C=O) groups is 1. The summed E-state index contributed by atoms with van der Waals surface area (Å²) in [7, 11) is 0. The molecule has 0 spiro atoms. The third-order valence-corrected chi connectivity index (χ3v) is 5.89. The summed E-state index contributed by atoms with van der Waals surface area (Å²) in [6, 6.07) is 16.2. The number of nitrogens with zero attached hydrogens (tertiary/aromatic N) is 1. The summed E-state index contributed by atoms with van der Waals surface area (Å²) in [6.45, 7) is 5.09. The molecule has 1 unspecified atom stereocenters. The average molecular weight is 353 g/mol. The second-order valence-corrected chi connectivity index (χ2v) is 7.62. The highest BCUT2D eigenvalue weighted by Crippen LogP contribution is 2.52. The summed E-state index contributed by atoms with van der Waals surface area (Å²) in [6.07, 6.45) is 4.63. The Morgan fingerprint density at radius 1 is 1.12 bits per heavy atom. The Hall–Kier alpha value is -2.26. The Morgan fingerprint density at radius 3 is 2.64 bits per heavy atom. The van der Waals surface area contributed by atoms with Gasteiger partial charge in [-0.3, -0.25) is 4.79 Å². The van der Waals surface area contributed by atoms with E-state index in [1.54, 1.807) is 0 Å². The van der Waals surface area contributed by atoms with Crippen molar-refractivity contribution < 1.29 is 4.79 Å². The number of anilines is 1. The number of hydrogen-bond acceptors (Lipinski definition) is 2. The summed E-state index contributed by atoms with van der Waals surface area (Å²) in [5.41, 5.74) is 2.53. The van der Waals surface area contributed by atoms with Crippen LogP contribution >= 0.6 is 11.6 Å². The number of halogens is 1. The molecule has 1 atom stereocenters. The first kappa shape index (κ1) is 16.2. The molecule has 2 aliphatic heterocycles. The SMILES string of the molecule is CC1(C)c2ccccc2N2CCC(=O)NC21/C=C/c1ccccc1Cl. The van der Waals surface area contributed by atoms with Gasteiger partial charge in [0.2, 0.25) is 5.91 Å². The van der Waals surface area contributed by atoms with Gasteiger partial charge in [-0.05, 0) is 29.3 Å². The van der Waals surface area contributed by atoms with E-state index >= 15 is 0 Å². The minimum atomic E-state index is -0.592. The quantitative estimate of drug-likeness (QED) is 0.870. The molecule has 2 heterocycles. The number of carbonyl (C=O) groups excluding carboxylic acids is 1. The molecule has 0 aromatic heterocycles. The van der Waals surface area contributed by atoms with E-state index in [4.69, 9.17) is 11.6 Å². The van der Waals surface area contributed by atoms with Crippen LogP contribution in [-0.2, 0) is 10.2 Å². The van der Waals surface area contributed by atoms with Crippen molar-refractivity contribution in [2.24, 2.45) is 0 Å². The molecule has 1 saturated heterocycles. The van der Waals surface area contributed by atoms with E-state index in [2.05, 4.69) is 54.4 Å². The summed E-state index contributed by atoms with van der Waals surface area (Å²) < 4.78 is 0. The van der Waals surface area contributed by atoms with Crippen LogP contribution in [0.4, 0.5) is 5.69 Å². The zero-order valence-corrected chi connectivity index (χ0v) is 15.2. The first-order chi connectivity index (χ1) is 12.0. The molecule has 1 amide bonds. The van der Waals surface area contributed by atoms with Crippen LogP contribution in [-0.4, -0.2) is 18.1 Å². The molecule has 2 aromatic carbocycles. The molecule has 25 heavy (non-hydrogen) atoms. The van der Waals surface area contributed by atoms with Crippen LogP contribution in [0.5, 0.6) is 0 Å². The number of rotatable bonds is 2. The van der Waals surface area contributed by atoms with Crippen LogP contribution in [0.2, 0.25) is 5.02 Å². The fraction of sp³-hybridized carbons (Fsp3) is 0.286. The van der Waals surface area contributed by atoms with Gasteiger partial charge in [-0.1, -0.05) is 67.9 Å². The Kier molecular flexibility index (Phi) is 3.66. The largest absolute Gasteiger partial charge is 0.344 e. The monoisotopic (exact) mass is 352 g/mol. The number of hydrogen-bond donors (Lipinski definition) is 1. The smallest absolute Gasteiger partial charge is 0.223 e. The minimum absolute atomic E-state index is 0.0842. The third-order valence-electron chi connectivity index (χ3n) is 5.55. The van der Waals surface area contributed by atoms with Crippen molar-refractivity contribution in [3.05, 3.63) is 70.8 Å². The standard InChI is InChI=1S/C21H21ClN2O/c1-20(2)16-8-4-6-10-18(16)24-14-12-19(25)23-21(20,24)13-11-15-7-3-5-9-17(15)22/h3-11,13H,12,14H2,1-2H3,(H,23,25)/b13-11+. The summed E-state index contributed by atoms with van der Waals surface area (Å²) in [4.78, 5) is 14.6. The lowest BCUT2D eigenvalue weighted by Crippen LogP contribution is -2.68. The van der Waals surface area contributed by atoms with Crippen LogP contribution in [0.15, 0.2) is 54.6 Å². The van der Waals surface area contributed by atoms with Gasteiger partial charge in [-0.25, -0.2) is 0 Å². The average Bonchev–Trinajstić information content (AvgIpc) is 2.79. The van der Waals surface area contributed by atoms with Gasteiger partial charge in [-0.15, -0.1) is 0 Å². The van der Waals surface area contributed by atoms with Crippen molar-refractivity contribution in [2.75, 3.05) is 11.4 Å². The van der Waals surface area contributed by atoms with E-state index in [0.29, 0.717) is 18.0 Å². The Morgan fingerprint density at radius 2 is 1.84 bits per heavy atom. The zero-order chi connectivity index (χ0) is 17.7. The fourth-order valence-electron chi connectivity index (χ4n) is 4.14. The van der Waals surface area contributed by atoms with Gasteiger partial charge in [0.05, 0.1) is 0 Å². The fourth-order valence-corrected chi connectivity index (χ4v) is 4.34. The third kappa shape index (κ3) is 2.30. The number of amides is 1. The van der Waals surface area contributed by atoms with Crippen molar-refractivity contribution in [2.45, 2.75) is 31.3 Å². The molecule has 0 radical (unpaired) electrons. The highest BCUT2D eigenvalue weighted by atomic mass is 35.5. The van der Waals surface area contributed by atoms with Crippen molar-refractivity contribution in [1.82, 2.24) is 5.32 Å². The van der Waals surface area contributed by atoms with E-state index in [-0.39, 0.29) is 11.3 Å². The van der Waals surface area contributed by atoms with Crippen molar-refractivity contribution in [3.8, 4) is 0 Å². The van der Waals surface area contributed by atoms with Gasteiger partial charge in [-0.2, -0.15) is 0 Å². The maximum absolute atomic E-state index is 12.3. The molecule has 1 fully saturated rings. The van der Waals surface area contributed by atoms with Gasteiger partial charge >= 0.3 is 0 Å². The number of fused-ring (bicyclic) bond motifs is 3. The van der Waals surface area contributed by atoms with E-state index in [9.17, 15) is 4.79 Å². The molecule has 0 aliphatic carbocycles. The number of nitrogens with one attached hydrogen (secondary N) is 1.